The minimum atomic E-state index is -0.0817. The molecular formula is C11H15ClN2O. The number of hydrogen-bond donors (Lipinski definition) is 0. The summed E-state index contributed by atoms with van der Waals surface area (Å²) in [7, 11) is 1.77. The summed E-state index contributed by atoms with van der Waals surface area (Å²) in [6, 6.07) is 3.40. The van der Waals surface area contributed by atoms with Crippen LogP contribution in [-0.4, -0.2) is 29.4 Å². The second kappa shape index (κ2) is 5.12. The van der Waals surface area contributed by atoms with Crippen LogP contribution >= 0.6 is 11.6 Å². The van der Waals surface area contributed by atoms with E-state index in [1.54, 1.807) is 30.3 Å². The molecule has 0 N–H and O–H groups in total. The highest BCUT2D eigenvalue weighted by molar-refractivity contribution is 6.32. The van der Waals surface area contributed by atoms with Crippen LogP contribution in [0.5, 0.6) is 0 Å². The van der Waals surface area contributed by atoms with Crippen molar-refractivity contribution < 1.29 is 4.79 Å². The molecule has 1 amide bonds. The SMILES string of the molecule is CC(C)CN(C)C(=O)c1cccnc1Cl. The highest BCUT2D eigenvalue weighted by Gasteiger charge is 2.15. The zero-order chi connectivity index (χ0) is 11.4. The van der Waals surface area contributed by atoms with Crippen molar-refractivity contribution in [2.45, 2.75) is 13.8 Å². The zero-order valence-corrected chi connectivity index (χ0v) is 9.95. The van der Waals surface area contributed by atoms with Gasteiger partial charge in [0.1, 0.15) is 5.15 Å². The van der Waals surface area contributed by atoms with E-state index < -0.39 is 0 Å². The van der Waals surface area contributed by atoms with Gasteiger partial charge in [-0.3, -0.25) is 4.79 Å². The summed E-state index contributed by atoms with van der Waals surface area (Å²) in [5.41, 5.74) is 0.460. The molecule has 0 aromatic carbocycles. The van der Waals surface area contributed by atoms with Gasteiger partial charge in [0.25, 0.3) is 5.91 Å². The van der Waals surface area contributed by atoms with Gasteiger partial charge < -0.3 is 4.90 Å². The van der Waals surface area contributed by atoms with Crippen LogP contribution in [0.2, 0.25) is 5.15 Å². The monoisotopic (exact) mass is 226 g/mol. The summed E-state index contributed by atoms with van der Waals surface area (Å²) in [6.07, 6.45) is 1.57. The number of pyridine rings is 1. The fourth-order valence-corrected chi connectivity index (χ4v) is 1.58. The molecule has 82 valence electrons. The first-order valence-electron chi connectivity index (χ1n) is 4.88. The summed E-state index contributed by atoms with van der Waals surface area (Å²) < 4.78 is 0. The fraction of sp³-hybridized carbons (Fsp3) is 0.455. The van der Waals surface area contributed by atoms with Crippen LogP contribution in [0.25, 0.3) is 0 Å². The number of halogens is 1. The Kier molecular flexibility index (Phi) is 4.09. The van der Waals surface area contributed by atoms with E-state index in [9.17, 15) is 4.79 Å². The van der Waals surface area contributed by atoms with E-state index in [0.717, 1.165) is 0 Å². The zero-order valence-electron chi connectivity index (χ0n) is 9.20. The number of nitrogens with zero attached hydrogens (tertiary/aromatic N) is 2. The van der Waals surface area contributed by atoms with Crippen molar-refractivity contribution >= 4 is 17.5 Å². The lowest BCUT2D eigenvalue weighted by molar-refractivity contribution is 0.0779. The Morgan fingerprint density at radius 1 is 1.60 bits per heavy atom. The standard InChI is InChI=1S/C11H15ClN2O/c1-8(2)7-14(3)11(15)9-5-4-6-13-10(9)12/h4-6,8H,7H2,1-3H3. The molecule has 4 heteroatoms. The van der Waals surface area contributed by atoms with Crippen LogP contribution in [0.3, 0.4) is 0 Å². The number of hydrogen-bond acceptors (Lipinski definition) is 2. The summed E-state index contributed by atoms with van der Waals surface area (Å²) >= 11 is 5.84. The molecule has 0 saturated carbocycles. The van der Waals surface area contributed by atoms with Crippen LogP contribution in [0.15, 0.2) is 18.3 Å². The predicted octanol–water partition coefficient (Wildman–Crippen LogP) is 2.46. The van der Waals surface area contributed by atoms with Crippen molar-refractivity contribution in [3.8, 4) is 0 Å². The normalized spacial score (nSPS) is 10.5. The smallest absolute Gasteiger partial charge is 0.256 e. The maximum absolute atomic E-state index is 11.9. The van der Waals surface area contributed by atoms with Crippen LogP contribution in [0.1, 0.15) is 24.2 Å². The van der Waals surface area contributed by atoms with E-state index in [2.05, 4.69) is 18.8 Å². The second-order valence-electron chi connectivity index (χ2n) is 3.92. The average molecular weight is 227 g/mol. The van der Waals surface area contributed by atoms with E-state index >= 15 is 0 Å². The molecule has 1 aromatic rings. The number of amides is 1. The largest absolute Gasteiger partial charge is 0.341 e. The lowest BCUT2D eigenvalue weighted by Crippen LogP contribution is -2.30. The summed E-state index contributed by atoms with van der Waals surface area (Å²) in [6.45, 7) is 4.84. The molecule has 0 bridgehead atoms. The van der Waals surface area contributed by atoms with Gasteiger partial charge in [0, 0.05) is 19.8 Å². The minimum absolute atomic E-state index is 0.0817. The number of carbonyl (C=O) groups excluding carboxylic acids is 1. The minimum Gasteiger partial charge on any atom is -0.341 e. The van der Waals surface area contributed by atoms with Gasteiger partial charge in [0.2, 0.25) is 0 Å². The second-order valence-corrected chi connectivity index (χ2v) is 4.28. The Hall–Kier alpha value is -1.09. The van der Waals surface area contributed by atoms with E-state index in [1.807, 2.05) is 0 Å². The Bertz CT molecular complexity index is 352. The van der Waals surface area contributed by atoms with E-state index in [4.69, 9.17) is 11.6 Å². The molecule has 0 spiro atoms. The summed E-state index contributed by atoms with van der Waals surface area (Å²) in [5, 5.41) is 0.262. The van der Waals surface area contributed by atoms with Crippen LogP contribution < -0.4 is 0 Å². The van der Waals surface area contributed by atoms with Gasteiger partial charge in [-0.2, -0.15) is 0 Å². The molecule has 0 aliphatic carbocycles. The Morgan fingerprint density at radius 2 is 2.27 bits per heavy atom. The predicted molar refractivity (Wildman–Crippen MR) is 61.0 cm³/mol. The van der Waals surface area contributed by atoms with Crippen molar-refractivity contribution in [2.24, 2.45) is 5.92 Å². The molecule has 0 saturated heterocycles. The van der Waals surface area contributed by atoms with Crippen molar-refractivity contribution in [2.75, 3.05) is 13.6 Å². The van der Waals surface area contributed by atoms with Gasteiger partial charge >= 0.3 is 0 Å². The maximum Gasteiger partial charge on any atom is 0.256 e. The Balaban J connectivity index is 2.81. The molecule has 1 aromatic heterocycles. The van der Waals surface area contributed by atoms with Crippen LogP contribution in [0.4, 0.5) is 0 Å². The first-order valence-corrected chi connectivity index (χ1v) is 5.26. The maximum atomic E-state index is 11.9. The van der Waals surface area contributed by atoms with E-state index in [0.29, 0.717) is 18.0 Å². The van der Waals surface area contributed by atoms with Gasteiger partial charge in [-0.25, -0.2) is 4.98 Å². The molecular weight excluding hydrogens is 212 g/mol. The molecule has 1 heterocycles. The average Bonchev–Trinajstić information content (AvgIpc) is 2.16. The van der Waals surface area contributed by atoms with E-state index in [1.165, 1.54) is 0 Å². The van der Waals surface area contributed by atoms with Crippen molar-refractivity contribution in [3.63, 3.8) is 0 Å². The molecule has 0 radical (unpaired) electrons. The highest BCUT2D eigenvalue weighted by atomic mass is 35.5. The third kappa shape index (κ3) is 3.20. The van der Waals surface area contributed by atoms with Crippen molar-refractivity contribution in [1.29, 1.82) is 0 Å². The third-order valence-electron chi connectivity index (χ3n) is 1.98. The van der Waals surface area contributed by atoms with Crippen molar-refractivity contribution in [1.82, 2.24) is 9.88 Å². The van der Waals surface area contributed by atoms with Crippen LogP contribution in [-0.2, 0) is 0 Å². The fourth-order valence-electron chi connectivity index (χ4n) is 1.38. The topological polar surface area (TPSA) is 33.2 Å². The lowest BCUT2D eigenvalue weighted by Gasteiger charge is -2.19. The lowest BCUT2D eigenvalue weighted by atomic mass is 10.2. The molecule has 0 fully saturated rings. The molecule has 15 heavy (non-hydrogen) atoms. The molecule has 0 aliphatic rings. The van der Waals surface area contributed by atoms with Gasteiger partial charge in [-0.15, -0.1) is 0 Å². The Morgan fingerprint density at radius 3 is 2.80 bits per heavy atom. The number of carbonyl (C=O) groups is 1. The number of aromatic nitrogens is 1. The van der Waals surface area contributed by atoms with Crippen molar-refractivity contribution in [3.05, 3.63) is 29.0 Å². The molecule has 3 nitrogen and oxygen atoms in total. The molecule has 0 aliphatic heterocycles. The summed E-state index contributed by atoms with van der Waals surface area (Å²) in [4.78, 5) is 17.4. The first kappa shape index (κ1) is 12.0. The van der Waals surface area contributed by atoms with Gasteiger partial charge in [0.05, 0.1) is 5.56 Å². The van der Waals surface area contributed by atoms with Gasteiger partial charge in [0.15, 0.2) is 0 Å². The molecule has 0 atom stereocenters. The molecule has 1 rings (SSSR count). The summed E-state index contributed by atoms with van der Waals surface area (Å²) in [5.74, 6) is 0.358. The first-order chi connectivity index (χ1) is 7.02. The third-order valence-corrected chi connectivity index (χ3v) is 2.28. The van der Waals surface area contributed by atoms with E-state index in [-0.39, 0.29) is 11.1 Å². The Labute approximate surface area is 95.1 Å². The molecule has 0 unspecified atom stereocenters. The van der Waals surface area contributed by atoms with Gasteiger partial charge in [-0.1, -0.05) is 25.4 Å². The highest BCUT2D eigenvalue weighted by Crippen LogP contribution is 2.14. The number of rotatable bonds is 3. The van der Waals surface area contributed by atoms with Gasteiger partial charge in [-0.05, 0) is 18.1 Å². The van der Waals surface area contributed by atoms with Crippen LogP contribution in [0, 0.1) is 5.92 Å². The quantitative estimate of drug-likeness (QED) is 0.742.